The Kier molecular flexibility index (Phi) is 3.94. The van der Waals surface area contributed by atoms with Crippen molar-refractivity contribution in [3.8, 4) is 5.13 Å². The van der Waals surface area contributed by atoms with Gasteiger partial charge in [-0.2, -0.15) is 5.10 Å². The molecule has 0 spiro atoms. The summed E-state index contributed by atoms with van der Waals surface area (Å²) in [5, 5.41) is 13.1. The van der Waals surface area contributed by atoms with E-state index in [9.17, 15) is 4.79 Å². The van der Waals surface area contributed by atoms with Crippen molar-refractivity contribution in [1.29, 1.82) is 0 Å². The van der Waals surface area contributed by atoms with Crippen molar-refractivity contribution in [2.24, 2.45) is 0 Å². The molecule has 0 aliphatic heterocycles. The first-order valence-electron chi connectivity index (χ1n) is 6.14. The molecule has 0 atom stereocenters. The predicted molar refractivity (Wildman–Crippen MR) is 71.8 cm³/mol. The third-order valence-electron chi connectivity index (χ3n) is 2.84. The molecule has 0 saturated carbocycles. The van der Waals surface area contributed by atoms with E-state index in [0.29, 0.717) is 11.7 Å². The Labute approximate surface area is 115 Å². The van der Waals surface area contributed by atoms with Gasteiger partial charge in [0.05, 0.1) is 12.3 Å². The van der Waals surface area contributed by atoms with Gasteiger partial charge in [0.1, 0.15) is 0 Å². The Morgan fingerprint density at radius 2 is 2.05 bits per heavy atom. The topological polar surface area (TPSA) is 69.9 Å². The molecule has 2 aromatic rings. The van der Waals surface area contributed by atoms with Crippen LogP contribution in [0.3, 0.4) is 0 Å². The Balaban J connectivity index is 2.35. The van der Waals surface area contributed by atoms with Gasteiger partial charge in [0.15, 0.2) is 0 Å². The summed E-state index contributed by atoms with van der Waals surface area (Å²) in [6.07, 6.45) is 0.918. The van der Waals surface area contributed by atoms with Crippen molar-refractivity contribution in [3.63, 3.8) is 0 Å². The highest BCUT2D eigenvalue weighted by atomic mass is 32.1. The lowest BCUT2D eigenvalue weighted by atomic mass is 10.1. The number of esters is 1. The first-order chi connectivity index (χ1) is 9.08. The van der Waals surface area contributed by atoms with E-state index >= 15 is 0 Å². The maximum Gasteiger partial charge on any atom is 0.369 e. The summed E-state index contributed by atoms with van der Waals surface area (Å²) < 4.78 is 6.63. The summed E-state index contributed by atoms with van der Waals surface area (Å²) >= 11 is 1.18. The van der Waals surface area contributed by atoms with Gasteiger partial charge >= 0.3 is 5.97 Å². The highest BCUT2D eigenvalue weighted by molar-refractivity contribution is 7.15. The van der Waals surface area contributed by atoms with Gasteiger partial charge in [0.25, 0.3) is 0 Å². The zero-order valence-electron chi connectivity index (χ0n) is 11.4. The number of aryl methyl sites for hydroxylation is 1. The van der Waals surface area contributed by atoms with E-state index in [1.165, 1.54) is 16.9 Å². The lowest BCUT2D eigenvalue weighted by molar-refractivity contribution is 0.0525. The van der Waals surface area contributed by atoms with Crippen LogP contribution in [0, 0.1) is 13.8 Å². The van der Waals surface area contributed by atoms with Crippen LogP contribution >= 0.6 is 11.3 Å². The molecule has 2 heterocycles. The largest absolute Gasteiger partial charge is 0.461 e. The van der Waals surface area contributed by atoms with E-state index in [1.807, 2.05) is 13.8 Å². The predicted octanol–water partition coefficient (Wildman–Crippen LogP) is 2.08. The second kappa shape index (κ2) is 5.48. The monoisotopic (exact) mass is 280 g/mol. The molecule has 0 bridgehead atoms. The van der Waals surface area contributed by atoms with Gasteiger partial charge in [-0.05, 0) is 32.8 Å². The Morgan fingerprint density at radius 3 is 2.63 bits per heavy atom. The van der Waals surface area contributed by atoms with Crippen molar-refractivity contribution in [3.05, 3.63) is 22.0 Å². The number of hydrogen-bond donors (Lipinski definition) is 0. The number of aromatic nitrogens is 4. The first kappa shape index (κ1) is 13.7. The highest BCUT2D eigenvalue weighted by Gasteiger charge is 2.18. The molecule has 2 rings (SSSR count). The van der Waals surface area contributed by atoms with Crippen molar-refractivity contribution in [1.82, 2.24) is 20.0 Å². The van der Waals surface area contributed by atoms with Crippen molar-refractivity contribution >= 4 is 17.3 Å². The molecule has 0 radical (unpaired) electrons. The van der Waals surface area contributed by atoms with Crippen LogP contribution in [0.15, 0.2) is 0 Å². The maximum absolute atomic E-state index is 11.6. The molecule has 0 aromatic carbocycles. The second-order valence-corrected chi connectivity index (χ2v) is 4.98. The maximum atomic E-state index is 11.6. The molecular weight excluding hydrogens is 264 g/mol. The third kappa shape index (κ3) is 2.51. The minimum Gasteiger partial charge on any atom is -0.461 e. The number of ether oxygens (including phenoxy) is 1. The minimum atomic E-state index is -0.441. The fraction of sp³-hybridized carbons (Fsp3) is 0.500. The van der Waals surface area contributed by atoms with E-state index in [-0.39, 0.29) is 5.01 Å². The molecule has 0 fully saturated rings. The lowest BCUT2D eigenvalue weighted by Crippen LogP contribution is -2.03. The second-order valence-electron chi connectivity index (χ2n) is 4.02. The van der Waals surface area contributed by atoms with Gasteiger partial charge < -0.3 is 4.74 Å². The molecule has 0 saturated heterocycles. The minimum absolute atomic E-state index is 0.252. The molecular formula is C12H16N4O2S. The van der Waals surface area contributed by atoms with Gasteiger partial charge in [-0.3, -0.25) is 0 Å². The van der Waals surface area contributed by atoms with Gasteiger partial charge in [-0.25, -0.2) is 9.48 Å². The van der Waals surface area contributed by atoms with E-state index in [0.717, 1.165) is 17.8 Å². The first-order valence-corrected chi connectivity index (χ1v) is 6.96. The van der Waals surface area contributed by atoms with Crippen molar-refractivity contribution in [2.75, 3.05) is 6.61 Å². The molecule has 2 aromatic heterocycles. The zero-order chi connectivity index (χ0) is 14.0. The standard InChI is InChI=1S/C12H16N4O2S/c1-5-9-7(3)15-16(8(9)4)12-14-13-10(19-12)11(17)18-6-2/h5-6H2,1-4H3. The van der Waals surface area contributed by atoms with Crippen molar-refractivity contribution in [2.45, 2.75) is 34.1 Å². The summed E-state index contributed by atoms with van der Waals surface area (Å²) in [4.78, 5) is 11.6. The van der Waals surface area contributed by atoms with E-state index in [4.69, 9.17) is 4.74 Å². The highest BCUT2D eigenvalue weighted by Crippen LogP contribution is 2.21. The number of hydrogen-bond acceptors (Lipinski definition) is 6. The number of rotatable bonds is 4. The van der Waals surface area contributed by atoms with E-state index < -0.39 is 5.97 Å². The molecule has 0 aliphatic rings. The number of carbonyl (C=O) groups is 1. The summed E-state index contributed by atoms with van der Waals surface area (Å²) in [5.74, 6) is -0.441. The molecule has 102 valence electrons. The molecule has 0 unspecified atom stereocenters. The zero-order valence-corrected chi connectivity index (χ0v) is 12.2. The molecule has 0 aliphatic carbocycles. The molecule has 0 amide bonds. The van der Waals surface area contributed by atoms with Crippen LogP contribution in [0.1, 0.15) is 40.6 Å². The van der Waals surface area contributed by atoms with Crippen LogP contribution in [-0.2, 0) is 11.2 Å². The number of nitrogens with zero attached hydrogens (tertiary/aromatic N) is 4. The van der Waals surface area contributed by atoms with E-state index in [2.05, 4.69) is 22.2 Å². The quantitative estimate of drug-likeness (QED) is 0.802. The molecule has 7 heteroatoms. The molecule has 19 heavy (non-hydrogen) atoms. The molecule has 6 nitrogen and oxygen atoms in total. The van der Waals surface area contributed by atoms with Crippen LogP contribution in [0.5, 0.6) is 0 Å². The van der Waals surface area contributed by atoms with Crippen LogP contribution in [0.2, 0.25) is 0 Å². The fourth-order valence-electron chi connectivity index (χ4n) is 1.95. The van der Waals surface area contributed by atoms with Crippen LogP contribution in [-0.4, -0.2) is 32.6 Å². The van der Waals surface area contributed by atoms with Gasteiger partial charge in [0.2, 0.25) is 10.1 Å². The number of carbonyl (C=O) groups excluding carboxylic acids is 1. The smallest absolute Gasteiger partial charge is 0.369 e. The Hall–Kier alpha value is -1.76. The summed E-state index contributed by atoms with van der Waals surface area (Å²) in [7, 11) is 0. The Morgan fingerprint density at radius 1 is 1.32 bits per heavy atom. The van der Waals surface area contributed by atoms with E-state index in [1.54, 1.807) is 11.6 Å². The average molecular weight is 280 g/mol. The fourth-order valence-corrected chi connectivity index (χ4v) is 2.69. The summed E-state index contributed by atoms with van der Waals surface area (Å²) in [6, 6.07) is 0. The van der Waals surface area contributed by atoms with Crippen molar-refractivity contribution < 1.29 is 9.53 Å². The van der Waals surface area contributed by atoms with Gasteiger partial charge in [0, 0.05) is 5.69 Å². The van der Waals surface area contributed by atoms with Crippen LogP contribution in [0.4, 0.5) is 0 Å². The molecule has 0 N–H and O–H groups in total. The SMILES string of the molecule is CCOC(=O)c1nnc(-n2nc(C)c(CC)c2C)s1. The van der Waals surface area contributed by atoms with Gasteiger partial charge in [-0.1, -0.05) is 18.3 Å². The lowest BCUT2D eigenvalue weighted by Gasteiger charge is -1.98. The van der Waals surface area contributed by atoms with Gasteiger partial charge in [-0.15, -0.1) is 10.2 Å². The summed E-state index contributed by atoms with van der Waals surface area (Å²) in [6.45, 7) is 8.13. The third-order valence-corrected chi connectivity index (χ3v) is 3.72. The Bertz CT molecular complexity index is 603. The normalized spacial score (nSPS) is 10.7. The summed E-state index contributed by atoms with van der Waals surface area (Å²) in [5.41, 5.74) is 3.22. The van der Waals surface area contributed by atoms with Crippen LogP contribution in [0.25, 0.3) is 5.13 Å². The average Bonchev–Trinajstić information content (AvgIpc) is 2.95. The van der Waals surface area contributed by atoms with Crippen LogP contribution < -0.4 is 0 Å².